The highest BCUT2D eigenvalue weighted by molar-refractivity contribution is 7.22. The molecule has 1 aliphatic rings. The zero-order chi connectivity index (χ0) is 23.8. The largest absolute Gasteiger partial charge is 0.450 e. The van der Waals surface area contributed by atoms with Crippen LogP contribution in [0.25, 0.3) is 20.8 Å². The van der Waals surface area contributed by atoms with Crippen LogP contribution in [0, 0.1) is 13.8 Å². The summed E-state index contributed by atoms with van der Waals surface area (Å²) < 4.78 is 8.01. The van der Waals surface area contributed by atoms with E-state index in [-0.39, 0.29) is 18.5 Å². The maximum atomic E-state index is 13.0. The molecule has 10 heteroatoms. The van der Waals surface area contributed by atoms with Crippen LogP contribution in [0.4, 0.5) is 9.80 Å². The number of hydrogen-bond donors (Lipinski definition) is 1. The smallest absolute Gasteiger partial charge is 0.410 e. The first-order valence-corrected chi connectivity index (χ1v) is 12.8. The molecule has 1 aliphatic heterocycles. The normalized spacial score (nSPS) is 13.2. The van der Waals surface area contributed by atoms with Gasteiger partial charge < -0.3 is 15.0 Å². The van der Waals surface area contributed by atoms with E-state index in [1.54, 1.807) is 27.8 Å². The third kappa shape index (κ3) is 4.30. The van der Waals surface area contributed by atoms with Crippen molar-refractivity contribution in [3.05, 3.63) is 52.2 Å². The van der Waals surface area contributed by atoms with E-state index in [1.807, 2.05) is 38.1 Å². The number of hydrogen-bond acceptors (Lipinski definition) is 7. The van der Waals surface area contributed by atoms with Gasteiger partial charge in [0.15, 0.2) is 0 Å². The molecule has 176 valence electrons. The number of thiazole rings is 1. The van der Waals surface area contributed by atoms with E-state index in [0.717, 1.165) is 47.6 Å². The predicted octanol–water partition coefficient (Wildman–Crippen LogP) is 4.99. The monoisotopic (exact) mass is 495 g/mol. The topological polar surface area (TPSA) is 89.4 Å². The minimum Gasteiger partial charge on any atom is -0.450 e. The SMILES string of the molecule is CCOC(=O)N1CCc2c(sc(NC(=O)Cn3nc(C)cc3C)c2-c2nc3ccccc3s2)C1. The fourth-order valence-corrected chi connectivity index (χ4v) is 6.59. The number of carbonyl (C=O) groups is 2. The molecule has 1 aromatic carbocycles. The maximum Gasteiger partial charge on any atom is 0.410 e. The highest BCUT2D eigenvalue weighted by atomic mass is 32.1. The second-order valence-electron chi connectivity index (χ2n) is 8.20. The first-order chi connectivity index (χ1) is 16.4. The Kier molecular flexibility index (Phi) is 6.09. The number of nitrogens with one attached hydrogen (secondary N) is 1. The van der Waals surface area contributed by atoms with Crippen LogP contribution in [0.2, 0.25) is 0 Å². The van der Waals surface area contributed by atoms with E-state index >= 15 is 0 Å². The molecule has 4 aromatic rings. The molecular weight excluding hydrogens is 470 g/mol. The van der Waals surface area contributed by atoms with E-state index in [0.29, 0.717) is 26.1 Å². The molecule has 0 aliphatic carbocycles. The molecule has 0 saturated carbocycles. The highest BCUT2D eigenvalue weighted by Crippen LogP contribution is 2.45. The lowest BCUT2D eigenvalue weighted by Gasteiger charge is -2.26. The first kappa shape index (κ1) is 22.5. The fourth-order valence-electron chi connectivity index (χ4n) is 4.20. The van der Waals surface area contributed by atoms with Crippen molar-refractivity contribution in [2.75, 3.05) is 18.5 Å². The van der Waals surface area contributed by atoms with Crippen LogP contribution in [0.1, 0.15) is 28.8 Å². The Morgan fingerprint density at radius 1 is 1.21 bits per heavy atom. The van der Waals surface area contributed by atoms with Crippen molar-refractivity contribution in [3.8, 4) is 10.6 Å². The predicted molar refractivity (Wildman–Crippen MR) is 134 cm³/mol. The quantitative estimate of drug-likeness (QED) is 0.421. The zero-order valence-electron chi connectivity index (χ0n) is 19.3. The van der Waals surface area contributed by atoms with E-state index in [2.05, 4.69) is 16.5 Å². The molecule has 0 bridgehead atoms. The van der Waals surface area contributed by atoms with E-state index in [9.17, 15) is 9.59 Å². The molecule has 0 unspecified atom stereocenters. The molecular formula is C24H25N5O3S2. The van der Waals surface area contributed by atoms with Gasteiger partial charge in [0, 0.05) is 22.7 Å². The Morgan fingerprint density at radius 2 is 2.03 bits per heavy atom. The Balaban J connectivity index is 1.50. The lowest BCUT2D eigenvalue weighted by Crippen LogP contribution is -2.35. The van der Waals surface area contributed by atoms with Gasteiger partial charge >= 0.3 is 6.09 Å². The summed E-state index contributed by atoms with van der Waals surface area (Å²) in [6.45, 7) is 7.17. The minimum atomic E-state index is -0.307. The molecule has 0 saturated heterocycles. The number of aryl methyl sites for hydroxylation is 2. The van der Waals surface area contributed by atoms with Crippen molar-refractivity contribution < 1.29 is 14.3 Å². The summed E-state index contributed by atoms with van der Waals surface area (Å²) in [6, 6.07) is 9.98. The number of fused-ring (bicyclic) bond motifs is 2. The minimum absolute atomic E-state index is 0.135. The molecule has 34 heavy (non-hydrogen) atoms. The van der Waals surface area contributed by atoms with Gasteiger partial charge in [0.1, 0.15) is 16.6 Å². The summed E-state index contributed by atoms with van der Waals surface area (Å²) >= 11 is 3.13. The number of anilines is 1. The Labute approximate surface area is 205 Å². The number of amides is 2. The van der Waals surface area contributed by atoms with Gasteiger partial charge in [0.05, 0.1) is 29.1 Å². The van der Waals surface area contributed by atoms with Crippen molar-refractivity contribution in [1.29, 1.82) is 0 Å². The van der Waals surface area contributed by atoms with Gasteiger partial charge in [0.2, 0.25) is 5.91 Å². The van der Waals surface area contributed by atoms with Crippen LogP contribution in [-0.4, -0.2) is 44.8 Å². The van der Waals surface area contributed by atoms with E-state index in [1.165, 1.54) is 11.3 Å². The molecule has 1 N–H and O–H groups in total. The van der Waals surface area contributed by atoms with Crippen LogP contribution in [0.15, 0.2) is 30.3 Å². The van der Waals surface area contributed by atoms with Crippen LogP contribution in [0.3, 0.4) is 0 Å². The molecule has 0 radical (unpaired) electrons. The molecule has 5 rings (SSSR count). The Hall–Kier alpha value is -3.24. The number of para-hydroxylation sites is 1. The molecule has 2 amide bonds. The summed E-state index contributed by atoms with van der Waals surface area (Å²) in [5, 5.41) is 9.16. The van der Waals surface area contributed by atoms with Gasteiger partial charge in [-0.2, -0.15) is 5.10 Å². The standard InChI is InChI=1S/C24H25N5O3S2/c1-4-32-24(31)28-10-9-16-19(12-28)34-23(26-20(30)13-29-15(3)11-14(2)27-29)21(16)22-25-17-7-5-6-8-18(17)33-22/h5-8,11H,4,9-10,12-13H2,1-3H3,(H,26,30). The van der Waals surface area contributed by atoms with Crippen molar-refractivity contribution in [2.45, 2.75) is 40.3 Å². The van der Waals surface area contributed by atoms with E-state index < -0.39 is 0 Å². The summed E-state index contributed by atoms with van der Waals surface area (Å²) in [6.07, 6.45) is 0.377. The van der Waals surface area contributed by atoms with Crippen LogP contribution >= 0.6 is 22.7 Å². The molecule has 0 spiro atoms. The molecule has 0 atom stereocenters. The number of rotatable bonds is 5. The average Bonchev–Trinajstić information content (AvgIpc) is 3.47. The van der Waals surface area contributed by atoms with Gasteiger partial charge in [0.25, 0.3) is 0 Å². The lowest BCUT2D eigenvalue weighted by atomic mass is 10.0. The third-order valence-corrected chi connectivity index (χ3v) is 7.93. The average molecular weight is 496 g/mol. The van der Waals surface area contributed by atoms with Gasteiger partial charge in [-0.3, -0.25) is 9.48 Å². The molecule has 0 fully saturated rings. The second-order valence-corrected chi connectivity index (χ2v) is 10.3. The summed E-state index contributed by atoms with van der Waals surface area (Å²) in [5.41, 5.74) is 4.87. The Morgan fingerprint density at radius 3 is 2.76 bits per heavy atom. The molecule has 8 nitrogen and oxygen atoms in total. The Bertz CT molecular complexity index is 1350. The van der Waals surface area contributed by atoms with Gasteiger partial charge in [-0.15, -0.1) is 22.7 Å². The second kappa shape index (κ2) is 9.19. The summed E-state index contributed by atoms with van der Waals surface area (Å²) in [4.78, 5) is 33.0. The van der Waals surface area contributed by atoms with Crippen molar-refractivity contribution in [1.82, 2.24) is 19.7 Å². The van der Waals surface area contributed by atoms with Crippen molar-refractivity contribution in [2.24, 2.45) is 0 Å². The van der Waals surface area contributed by atoms with Crippen LogP contribution in [0.5, 0.6) is 0 Å². The van der Waals surface area contributed by atoms with Gasteiger partial charge in [-0.25, -0.2) is 9.78 Å². The number of thiophene rings is 1. The van der Waals surface area contributed by atoms with Gasteiger partial charge in [-0.1, -0.05) is 12.1 Å². The number of carbonyl (C=O) groups excluding carboxylic acids is 2. The third-order valence-electron chi connectivity index (χ3n) is 5.74. The number of ether oxygens (including phenoxy) is 1. The first-order valence-electron chi connectivity index (χ1n) is 11.2. The molecule has 3 aromatic heterocycles. The lowest BCUT2D eigenvalue weighted by molar-refractivity contribution is -0.116. The van der Waals surface area contributed by atoms with E-state index in [4.69, 9.17) is 9.72 Å². The van der Waals surface area contributed by atoms with Crippen LogP contribution in [-0.2, 0) is 29.0 Å². The number of aromatic nitrogens is 3. The van der Waals surface area contributed by atoms with Crippen molar-refractivity contribution >= 4 is 49.9 Å². The van der Waals surface area contributed by atoms with Crippen LogP contribution < -0.4 is 5.32 Å². The number of nitrogens with zero attached hydrogens (tertiary/aromatic N) is 4. The summed E-state index contributed by atoms with van der Waals surface area (Å²) in [7, 11) is 0. The summed E-state index contributed by atoms with van der Waals surface area (Å²) in [5.74, 6) is -0.144. The molecule has 4 heterocycles. The number of benzene rings is 1. The zero-order valence-corrected chi connectivity index (χ0v) is 20.9. The maximum absolute atomic E-state index is 13.0. The fraction of sp³-hybridized carbons (Fsp3) is 0.333. The highest BCUT2D eigenvalue weighted by Gasteiger charge is 2.30. The van der Waals surface area contributed by atoms with Crippen molar-refractivity contribution in [3.63, 3.8) is 0 Å². The van der Waals surface area contributed by atoms with Gasteiger partial charge in [-0.05, 0) is 51.0 Å².